The molecule has 0 spiro atoms. The van der Waals surface area contributed by atoms with E-state index in [0.29, 0.717) is 26.1 Å². The Balaban J connectivity index is 1.27. The zero-order chi connectivity index (χ0) is 23.3. The quantitative estimate of drug-likeness (QED) is 0.548. The number of amides is 2. The molecule has 1 unspecified atom stereocenters. The van der Waals surface area contributed by atoms with Gasteiger partial charge in [-0.25, -0.2) is 4.39 Å². The van der Waals surface area contributed by atoms with Gasteiger partial charge in [-0.05, 0) is 24.5 Å². The fourth-order valence-corrected chi connectivity index (χ4v) is 3.59. The van der Waals surface area contributed by atoms with Gasteiger partial charge in [-0.2, -0.15) is 0 Å². The van der Waals surface area contributed by atoms with Crippen LogP contribution in [0.4, 0.5) is 17.6 Å². The van der Waals surface area contributed by atoms with Gasteiger partial charge >= 0.3 is 6.36 Å². The summed E-state index contributed by atoms with van der Waals surface area (Å²) >= 11 is 5.58. The van der Waals surface area contributed by atoms with Gasteiger partial charge in [0.25, 0.3) is 5.91 Å². The number of alkyl halides is 3. The van der Waals surface area contributed by atoms with Gasteiger partial charge in [0.15, 0.2) is 6.61 Å². The molecule has 1 atom stereocenters. The second kappa shape index (κ2) is 10.7. The van der Waals surface area contributed by atoms with Crippen molar-refractivity contribution in [1.82, 2.24) is 10.2 Å². The number of ether oxygens (including phenoxy) is 3. The fourth-order valence-electron chi connectivity index (χ4n) is 3.47. The summed E-state index contributed by atoms with van der Waals surface area (Å²) < 4.78 is 64.1. The Labute approximate surface area is 186 Å². The second-order valence-electron chi connectivity index (χ2n) is 7.75. The lowest BCUT2D eigenvalue weighted by Crippen LogP contribution is -2.42. The predicted molar refractivity (Wildman–Crippen MR) is 105 cm³/mol. The molecule has 1 aliphatic heterocycles. The van der Waals surface area contributed by atoms with Crippen molar-refractivity contribution < 1.29 is 41.4 Å². The van der Waals surface area contributed by atoms with E-state index in [9.17, 15) is 27.2 Å². The second-order valence-corrected chi connectivity index (χ2v) is 8.16. The first kappa shape index (κ1) is 24.5. The molecule has 3 rings (SSSR count). The molecule has 2 fully saturated rings. The van der Waals surface area contributed by atoms with Crippen LogP contribution in [0.1, 0.15) is 19.3 Å². The molecule has 7 nitrogen and oxygen atoms in total. The van der Waals surface area contributed by atoms with Gasteiger partial charge in [0.05, 0.1) is 17.2 Å². The average molecular weight is 483 g/mol. The standard InChI is InChI=1S/C20H23ClF4N2O5/c21-16-2-1-13(7-17(16)22)30-10-18(28)26-8-12-3-4-27(9-12)19(29)11-31-14-5-15(6-14)32-20(23,24)25/h1-2,7,12,14-15H,3-6,8-11H2,(H,26,28)/t12?,14-,15+. The van der Waals surface area contributed by atoms with Crippen molar-refractivity contribution in [3.63, 3.8) is 0 Å². The molecule has 1 saturated carbocycles. The summed E-state index contributed by atoms with van der Waals surface area (Å²) in [5.41, 5.74) is 0. The number of likely N-dealkylation sites (tertiary alicyclic amines) is 1. The number of nitrogens with zero attached hydrogens (tertiary/aromatic N) is 1. The average Bonchev–Trinajstić information content (AvgIpc) is 3.17. The molecular formula is C20H23ClF4N2O5. The van der Waals surface area contributed by atoms with Crippen molar-refractivity contribution in [2.24, 2.45) is 5.92 Å². The molecule has 32 heavy (non-hydrogen) atoms. The van der Waals surface area contributed by atoms with E-state index >= 15 is 0 Å². The molecule has 2 amide bonds. The van der Waals surface area contributed by atoms with E-state index in [1.165, 1.54) is 12.1 Å². The van der Waals surface area contributed by atoms with Gasteiger partial charge in [-0.15, -0.1) is 13.2 Å². The number of carbonyl (C=O) groups is 2. The first-order valence-corrected chi connectivity index (χ1v) is 10.5. The molecule has 1 aliphatic carbocycles. The third-order valence-electron chi connectivity index (χ3n) is 5.28. The van der Waals surface area contributed by atoms with Crippen molar-refractivity contribution in [3.8, 4) is 5.75 Å². The van der Waals surface area contributed by atoms with E-state index in [2.05, 4.69) is 10.1 Å². The number of hydrogen-bond acceptors (Lipinski definition) is 5. The highest BCUT2D eigenvalue weighted by Crippen LogP contribution is 2.32. The van der Waals surface area contributed by atoms with E-state index in [-0.39, 0.29) is 54.6 Å². The fraction of sp³-hybridized carbons (Fsp3) is 0.600. The summed E-state index contributed by atoms with van der Waals surface area (Å²) in [6, 6.07) is 3.87. The molecule has 0 aromatic heterocycles. The van der Waals surface area contributed by atoms with Crippen LogP contribution < -0.4 is 10.1 Å². The van der Waals surface area contributed by atoms with Crippen LogP contribution in [0.3, 0.4) is 0 Å². The highest BCUT2D eigenvalue weighted by atomic mass is 35.5. The maximum absolute atomic E-state index is 13.4. The van der Waals surface area contributed by atoms with Gasteiger partial charge in [0.2, 0.25) is 5.91 Å². The topological polar surface area (TPSA) is 77.1 Å². The van der Waals surface area contributed by atoms with E-state index in [4.69, 9.17) is 21.1 Å². The Kier molecular flexibility index (Phi) is 8.18. The maximum atomic E-state index is 13.4. The van der Waals surface area contributed by atoms with Gasteiger partial charge in [-0.1, -0.05) is 11.6 Å². The number of benzene rings is 1. The summed E-state index contributed by atoms with van der Waals surface area (Å²) in [7, 11) is 0. The summed E-state index contributed by atoms with van der Waals surface area (Å²) in [5, 5.41) is 2.67. The van der Waals surface area contributed by atoms with Gasteiger partial charge < -0.3 is 19.7 Å². The van der Waals surface area contributed by atoms with E-state index in [0.717, 1.165) is 6.07 Å². The number of nitrogens with one attached hydrogen (secondary N) is 1. The summed E-state index contributed by atoms with van der Waals surface area (Å²) in [6.07, 6.45) is -5.10. The smallest absolute Gasteiger partial charge is 0.484 e. The molecule has 12 heteroatoms. The molecule has 178 valence electrons. The molecule has 1 aromatic carbocycles. The number of carbonyl (C=O) groups excluding carboxylic acids is 2. The van der Waals surface area contributed by atoms with Crippen molar-refractivity contribution in [1.29, 1.82) is 0 Å². The molecule has 1 heterocycles. The van der Waals surface area contributed by atoms with Crippen LogP contribution in [-0.2, 0) is 19.1 Å². The minimum Gasteiger partial charge on any atom is -0.484 e. The third kappa shape index (κ3) is 7.49. The van der Waals surface area contributed by atoms with Crippen LogP contribution in [0.2, 0.25) is 5.02 Å². The molecule has 1 saturated heterocycles. The highest BCUT2D eigenvalue weighted by molar-refractivity contribution is 6.30. The van der Waals surface area contributed by atoms with Crippen molar-refractivity contribution >= 4 is 23.4 Å². The van der Waals surface area contributed by atoms with Crippen molar-refractivity contribution in [2.75, 3.05) is 32.8 Å². The van der Waals surface area contributed by atoms with E-state index < -0.39 is 24.4 Å². The van der Waals surface area contributed by atoms with Gasteiger partial charge in [-0.3, -0.25) is 14.3 Å². The van der Waals surface area contributed by atoms with Crippen LogP contribution in [0.5, 0.6) is 5.75 Å². The maximum Gasteiger partial charge on any atom is 0.522 e. The monoisotopic (exact) mass is 482 g/mol. The van der Waals surface area contributed by atoms with Crippen LogP contribution in [-0.4, -0.2) is 68.1 Å². The summed E-state index contributed by atoms with van der Waals surface area (Å²) in [5.74, 6) is -1.02. The minimum atomic E-state index is -4.66. The Hall–Kier alpha value is -2.11. The molecule has 0 radical (unpaired) electrons. The first-order valence-electron chi connectivity index (χ1n) is 10.1. The Morgan fingerprint density at radius 1 is 1.19 bits per heavy atom. The number of hydrogen-bond donors (Lipinski definition) is 1. The minimum absolute atomic E-state index is 0.0418. The Morgan fingerprint density at radius 3 is 2.62 bits per heavy atom. The molecule has 0 bridgehead atoms. The number of rotatable bonds is 9. The lowest BCUT2D eigenvalue weighted by atomic mass is 9.92. The summed E-state index contributed by atoms with van der Waals surface area (Å²) in [4.78, 5) is 25.8. The SMILES string of the molecule is O=C(COc1ccc(Cl)c(F)c1)NCC1CCN(C(=O)CO[C@H]2C[C@@H](OC(F)(F)F)C2)C1. The van der Waals surface area contributed by atoms with Crippen LogP contribution in [0, 0.1) is 11.7 Å². The van der Waals surface area contributed by atoms with Crippen LogP contribution in [0.25, 0.3) is 0 Å². The third-order valence-corrected chi connectivity index (χ3v) is 5.59. The normalized spacial score (nSPS) is 23.0. The Bertz CT molecular complexity index is 820. The lowest BCUT2D eigenvalue weighted by Gasteiger charge is -2.35. The van der Waals surface area contributed by atoms with Crippen LogP contribution >= 0.6 is 11.6 Å². The van der Waals surface area contributed by atoms with Gasteiger partial charge in [0.1, 0.15) is 18.2 Å². The predicted octanol–water partition coefficient (Wildman–Crippen LogP) is 2.91. The molecule has 1 aromatic rings. The number of halogens is 5. The van der Waals surface area contributed by atoms with Crippen LogP contribution in [0.15, 0.2) is 18.2 Å². The molecular weight excluding hydrogens is 460 g/mol. The first-order chi connectivity index (χ1) is 15.1. The molecule has 2 aliphatic rings. The summed E-state index contributed by atoms with van der Waals surface area (Å²) in [6.45, 7) is 0.809. The largest absolute Gasteiger partial charge is 0.522 e. The zero-order valence-corrected chi connectivity index (χ0v) is 17.8. The zero-order valence-electron chi connectivity index (χ0n) is 17.0. The highest BCUT2D eigenvalue weighted by Gasteiger charge is 2.41. The molecule has 1 N–H and O–H groups in total. The van der Waals surface area contributed by atoms with E-state index in [1.807, 2.05) is 0 Å². The lowest BCUT2D eigenvalue weighted by molar-refractivity contribution is -0.357. The van der Waals surface area contributed by atoms with Crippen molar-refractivity contribution in [3.05, 3.63) is 29.0 Å². The van der Waals surface area contributed by atoms with E-state index in [1.54, 1.807) is 4.90 Å². The van der Waals surface area contributed by atoms with Crippen molar-refractivity contribution in [2.45, 2.75) is 37.8 Å². The Morgan fingerprint density at radius 2 is 1.94 bits per heavy atom. The van der Waals surface area contributed by atoms with Gasteiger partial charge in [0, 0.05) is 38.5 Å².